The van der Waals surface area contributed by atoms with Crippen LogP contribution < -0.4 is 16.0 Å². The number of hydrogen-bond acceptors (Lipinski definition) is 3. The molecule has 1 unspecified atom stereocenters. The summed E-state index contributed by atoms with van der Waals surface area (Å²) in [5, 5.41) is 8.91. The van der Waals surface area contributed by atoms with Gasteiger partial charge in [0.1, 0.15) is 0 Å². The molecule has 5 nitrogen and oxygen atoms in total. The molecule has 1 saturated heterocycles. The molecule has 17 heavy (non-hydrogen) atoms. The van der Waals surface area contributed by atoms with E-state index in [2.05, 4.69) is 16.0 Å². The fraction of sp³-hybridized carbons (Fsp3) is 0.833. The largest absolute Gasteiger partial charge is 0.354 e. The Morgan fingerprint density at radius 2 is 1.88 bits per heavy atom. The molecule has 0 spiro atoms. The Bertz CT molecular complexity index is 283. The van der Waals surface area contributed by atoms with Crippen molar-refractivity contribution >= 4 is 11.8 Å². The predicted molar refractivity (Wildman–Crippen MR) is 64.3 cm³/mol. The molecule has 0 aromatic carbocycles. The van der Waals surface area contributed by atoms with Gasteiger partial charge in [0.25, 0.3) is 0 Å². The molecule has 1 saturated carbocycles. The van der Waals surface area contributed by atoms with Crippen LogP contribution in [0.4, 0.5) is 0 Å². The highest BCUT2D eigenvalue weighted by molar-refractivity contribution is 5.81. The van der Waals surface area contributed by atoms with Gasteiger partial charge in [0.2, 0.25) is 11.8 Å². The SMILES string of the molecule is O=C(CC1CCNC1)NCCNC(=O)C1CC1. The molecule has 2 amide bonds. The molecular weight excluding hydrogens is 218 g/mol. The number of carbonyl (C=O) groups excluding carboxylic acids is 2. The second kappa shape index (κ2) is 6.00. The Balaban J connectivity index is 1.48. The molecule has 96 valence electrons. The average molecular weight is 239 g/mol. The lowest BCUT2D eigenvalue weighted by atomic mass is 10.0. The van der Waals surface area contributed by atoms with E-state index in [1.165, 1.54) is 0 Å². The Kier molecular flexibility index (Phi) is 4.36. The van der Waals surface area contributed by atoms with Crippen LogP contribution in [0.2, 0.25) is 0 Å². The minimum atomic E-state index is 0.0966. The van der Waals surface area contributed by atoms with Crippen molar-refractivity contribution in [1.29, 1.82) is 0 Å². The van der Waals surface area contributed by atoms with Gasteiger partial charge in [0.05, 0.1) is 0 Å². The monoisotopic (exact) mass is 239 g/mol. The van der Waals surface area contributed by atoms with E-state index in [-0.39, 0.29) is 17.7 Å². The van der Waals surface area contributed by atoms with E-state index < -0.39 is 0 Å². The molecule has 1 heterocycles. The summed E-state index contributed by atoms with van der Waals surface area (Å²) in [6.45, 7) is 3.06. The first-order valence-corrected chi connectivity index (χ1v) is 6.51. The van der Waals surface area contributed by atoms with Gasteiger partial charge in [-0.05, 0) is 38.3 Å². The smallest absolute Gasteiger partial charge is 0.223 e. The van der Waals surface area contributed by atoms with Crippen LogP contribution in [0, 0.1) is 11.8 Å². The third kappa shape index (κ3) is 4.34. The lowest BCUT2D eigenvalue weighted by Crippen LogP contribution is -2.36. The fourth-order valence-electron chi connectivity index (χ4n) is 2.10. The first-order valence-electron chi connectivity index (χ1n) is 6.51. The lowest BCUT2D eigenvalue weighted by molar-refractivity contribution is -0.123. The van der Waals surface area contributed by atoms with Gasteiger partial charge in [0, 0.05) is 25.4 Å². The molecule has 0 bridgehead atoms. The molecule has 0 aromatic rings. The van der Waals surface area contributed by atoms with Crippen LogP contribution in [-0.2, 0) is 9.59 Å². The molecule has 0 aromatic heterocycles. The predicted octanol–water partition coefficient (Wildman–Crippen LogP) is -0.372. The molecule has 3 N–H and O–H groups in total. The second-order valence-corrected chi connectivity index (χ2v) is 4.98. The van der Waals surface area contributed by atoms with Crippen LogP contribution in [0.3, 0.4) is 0 Å². The van der Waals surface area contributed by atoms with Crippen LogP contribution in [0.15, 0.2) is 0 Å². The van der Waals surface area contributed by atoms with Crippen molar-refractivity contribution in [2.45, 2.75) is 25.7 Å². The summed E-state index contributed by atoms with van der Waals surface area (Å²) in [7, 11) is 0. The Hall–Kier alpha value is -1.10. The van der Waals surface area contributed by atoms with Crippen LogP contribution in [0.1, 0.15) is 25.7 Å². The second-order valence-electron chi connectivity index (χ2n) is 4.98. The van der Waals surface area contributed by atoms with Gasteiger partial charge in [-0.2, -0.15) is 0 Å². The van der Waals surface area contributed by atoms with E-state index in [1.807, 2.05) is 0 Å². The maximum absolute atomic E-state index is 11.5. The Morgan fingerprint density at radius 1 is 1.12 bits per heavy atom. The summed E-state index contributed by atoms with van der Waals surface area (Å²) in [6.07, 6.45) is 3.73. The number of carbonyl (C=O) groups is 2. The fourth-order valence-corrected chi connectivity index (χ4v) is 2.10. The topological polar surface area (TPSA) is 70.2 Å². The summed E-state index contributed by atoms with van der Waals surface area (Å²) >= 11 is 0. The van der Waals surface area contributed by atoms with E-state index in [9.17, 15) is 9.59 Å². The third-order valence-corrected chi connectivity index (χ3v) is 3.33. The zero-order valence-electron chi connectivity index (χ0n) is 10.1. The van der Waals surface area contributed by atoms with E-state index in [0.717, 1.165) is 32.4 Å². The third-order valence-electron chi connectivity index (χ3n) is 3.33. The normalized spacial score (nSPS) is 23.4. The summed E-state index contributed by atoms with van der Waals surface area (Å²) in [6, 6.07) is 0. The Morgan fingerprint density at radius 3 is 2.53 bits per heavy atom. The molecule has 2 rings (SSSR count). The summed E-state index contributed by atoms with van der Waals surface area (Å²) in [5.41, 5.74) is 0. The van der Waals surface area contributed by atoms with Gasteiger partial charge in [-0.25, -0.2) is 0 Å². The van der Waals surface area contributed by atoms with Crippen molar-refractivity contribution in [3.05, 3.63) is 0 Å². The average Bonchev–Trinajstić information content (AvgIpc) is 3.04. The van der Waals surface area contributed by atoms with Gasteiger partial charge in [0.15, 0.2) is 0 Å². The van der Waals surface area contributed by atoms with Gasteiger partial charge in [-0.15, -0.1) is 0 Å². The van der Waals surface area contributed by atoms with Crippen LogP contribution >= 0.6 is 0 Å². The molecule has 1 aliphatic heterocycles. The number of amides is 2. The van der Waals surface area contributed by atoms with Crippen molar-refractivity contribution < 1.29 is 9.59 Å². The summed E-state index contributed by atoms with van der Waals surface area (Å²) < 4.78 is 0. The zero-order valence-corrected chi connectivity index (χ0v) is 10.1. The molecular formula is C12H21N3O2. The van der Waals surface area contributed by atoms with E-state index in [1.54, 1.807) is 0 Å². The van der Waals surface area contributed by atoms with Crippen molar-refractivity contribution in [3.63, 3.8) is 0 Å². The quantitative estimate of drug-likeness (QED) is 0.554. The highest BCUT2D eigenvalue weighted by Crippen LogP contribution is 2.28. The standard InChI is InChI=1S/C12H21N3O2/c16-11(7-9-3-4-13-8-9)14-5-6-15-12(17)10-1-2-10/h9-10,13H,1-8H2,(H,14,16)(H,15,17). The lowest BCUT2D eigenvalue weighted by Gasteiger charge is -2.09. The van der Waals surface area contributed by atoms with E-state index in [0.29, 0.717) is 25.4 Å². The van der Waals surface area contributed by atoms with E-state index >= 15 is 0 Å². The minimum absolute atomic E-state index is 0.0966. The maximum atomic E-state index is 11.5. The molecule has 0 radical (unpaired) electrons. The summed E-state index contributed by atoms with van der Waals surface area (Å²) in [4.78, 5) is 22.8. The van der Waals surface area contributed by atoms with Crippen molar-refractivity contribution in [1.82, 2.24) is 16.0 Å². The molecule has 1 atom stereocenters. The maximum Gasteiger partial charge on any atom is 0.223 e. The molecule has 5 heteroatoms. The van der Waals surface area contributed by atoms with Gasteiger partial charge >= 0.3 is 0 Å². The Labute approximate surface area is 102 Å². The number of hydrogen-bond donors (Lipinski definition) is 3. The van der Waals surface area contributed by atoms with Gasteiger partial charge < -0.3 is 16.0 Å². The van der Waals surface area contributed by atoms with Crippen LogP contribution in [0.5, 0.6) is 0 Å². The van der Waals surface area contributed by atoms with Crippen LogP contribution in [-0.4, -0.2) is 38.0 Å². The number of rotatable bonds is 6. The highest BCUT2D eigenvalue weighted by Gasteiger charge is 2.29. The first-order chi connectivity index (χ1) is 8.25. The van der Waals surface area contributed by atoms with Crippen LogP contribution in [0.25, 0.3) is 0 Å². The number of nitrogens with one attached hydrogen (secondary N) is 3. The molecule has 1 aliphatic carbocycles. The molecule has 2 fully saturated rings. The van der Waals surface area contributed by atoms with Crippen molar-refractivity contribution in [2.75, 3.05) is 26.2 Å². The first kappa shape index (κ1) is 12.4. The summed E-state index contributed by atoms with van der Waals surface area (Å²) in [5.74, 6) is 0.963. The highest BCUT2D eigenvalue weighted by atomic mass is 16.2. The van der Waals surface area contributed by atoms with Gasteiger partial charge in [-0.3, -0.25) is 9.59 Å². The van der Waals surface area contributed by atoms with Crippen molar-refractivity contribution in [3.8, 4) is 0 Å². The minimum Gasteiger partial charge on any atom is -0.354 e. The van der Waals surface area contributed by atoms with E-state index in [4.69, 9.17) is 0 Å². The van der Waals surface area contributed by atoms with Crippen molar-refractivity contribution in [2.24, 2.45) is 11.8 Å². The molecule has 2 aliphatic rings. The zero-order chi connectivity index (χ0) is 12.1. The van der Waals surface area contributed by atoms with Gasteiger partial charge in [-0.1, -0.05) is 0 Å².